The monoisotopic (exact) mass is 490 g/mol. The van der Waals surface area contributed by atoms with Gasteiger partial charge < -0.3 is 9.47 Å². The SMILES string of the molecule is CCCCCCN1C(=O)C(C#N)=C(C)/C(=C\c2ccc(OCc3ccc(F)cc3)c(OCC)c2)C1=O. The van der Waals surface area contributed by atoms with Gasteiger partial charge in [0.1, 0.15) is 24.1 Å². The van der Waals surface area contributed by atoms with Crippen LogP contribution in [0.2, 0.25) is 0 Å². The number of carbonyl (C=O) groups is 2. The van der Waals surface area contributed by atoms with E-state index in [0.717, 1.165) is 24.8 Å². The molecule has 0 radical (unpaired) electrons. The Morgan fingerprint density at radius 1 is 0.972 bits per heavy atom. The molecular weight excluding hydrogens is 459 g/mol. The zero-order chi connectivity index (χ0) is 26.1. The van der Waals surface area contributed by atoms with Crippen molar-refractivity contribution < 1.29 is 23.5 Å². The average Bonchev–Trinajstić information content (AvgIpc) is 2.87. The van der Waals surface area contributed by atoms with E-state index in [0.29, 0.717) is 41.2 Å². The van der Waals surface area contributed by atoms with E-state index in [9.17, 15) is 19.2 Å². The fraction of sp³-hybridized carbons (Fsp3) is 0.345. The molecule has 36 heavy (non-hydrogen) atoms. The summed E-state index contributed by atoms with van der Waals surface area (Å²) in [7, 11) is 0. The minimum atomic E-state index is -0.534. The number of amides is 2. The van der Waals surface area contributed by atoms with Gasteiger partial charge in [-0.2, -0.15) is 5.26 Å². The van der Waals surface area contributed by atoms with Crippen LogP contribution in [0.25, 0.3) is 6.08 Å². The summed E-state index contributed by atoms with van der Waals surface area (Å²) in [5, 5.41) is 9.60. The lowest BCUT2D eigenvalue weighted by Crippen LogP contribution is -2.43. The van der Waals surface area contributed by atoms with E-state index >= 15 is 0 Å². The highest BCUT2D eigenvalue weighted by Gasteiger charge is 2.35. The van der Waals surface area contributed by atoms with Crippen molar-refractivity contribution in [2.75, 3.05) is 13.2 Å². The molecule has 188 valence electrons. The van der Waals surface area contributed by atoms with Crippen molar-refractivity contribution in [1.29, 1.82) is 5.26 Å². The smallest absolute Gasteiger partial charge is 0.271 e. The molecular formula is C29H31FN2O4. The van der Waals surface area contributed by atoms with Crippen LogP contribution < -0.4 is 9.47 Å². The fourth-order valence-electron chi connectivity index (χ4n) is 3.94. The third-order valence-corrected chi connectivity index (χ3v) is 5.95. The van der Waals surface area contributed by atoms with Crippen LogP contribution in [0.4, 0.5) is 4.39 Å². The Kier molecular flexibility index (Phi) is 9.40. The number of hydrogen-bond acceptors (Lipinski definition) is 5. The molecule has 0 N–H and O–H groups in total. The van der Waals surface area contributed by atoms with Crippen molar-refractivity contribution in [3.63, 3.8) is 0 Å². The number of nitriles is 1. The molecule has 6 nitrogen and oxygen atoms in total. The van der Waals surface area contributed by atoms with Crippen LogP contribution >= 0.6 is 0 Å². The first kappa shape index (κ1) is 26.7. The minimum Gasteiger partial charge on any atom is -0.490 e. The summed E-state index contributed by atoms with van der Waals surface area (Å²) in [5.41, 5.74) is 2.15. The van der Waals surface area contributed by atoms with Gasteiger partial charge in [-0.3, -0.25) is 14.5 Å². The first-order valence-electron chi connectivity index (χ1n) is 12.2. The molecule has 1 aliphatic rings. The second-order valence-corrected chi connectivity index (χ2v) is 8.55. The maximum absolute atomic E-state index is 13.2. The quantitative estimate of drug-likeness (QED) is 0.220. The average molecular weight is 491 g/mol. The summed E-state index contributed by atoms with van der Waals surface area (Å²) in [6.07, 6.45) is 5.35. The van der Waals surface area contributed by atoms with Gasteiger partial charge in [-0.25, -0.2) is 4.39 Å². The standard InChI is InChI=1S/C29H31FN2O4/c1-4-6-7-8-15-32-28(33)24(20(3)25(18-31)29(32)34)16-22-11-14-26(27(17-22)35-5-2)36-19-21-9-12-23(30)13-10-21/h9-14,16-17H,4-8,15,19H2,1-3H3/b24-16+. The molecule has 0 bridgehead atoms. The molecule has 1 aliphatic heterocycles. The van der Waals surface area contributed by atoms with E-state index in [1.54, 1.807) is 43.3 Å². The summed E-state index contributed by atoms with van der Waals surface area (Å²) in [5.74, 6) is -0.243. The van der Waals surface area contributed by atoms with Gasteiger partial charge in [-0.1, -0.05) is 44.4 Å². The van der Waals surface area contributed by atoms with E-state index < -0.39 is 11.8 Å². The topological polar surface area (TPSA) is 79.6 Å². The largest absolute Gasteiger partial charge is 0.490 e. The Balaban J connectivity index is 1.88. The normalized spacial score (nSPS) is 14.9. The molecule has 0 fully saturated rings. The van der Waals surface area contributed by atoms with Gasteiger partial charge in [0.2, 0.25) is 0 Å². The number of nitrogens with zero attached hydrogens (tertiary/aromatic N) is 2. The molecule has 7 heteroatoms. The Labute approximate surface area is 211 Å². The molecule has 2 aromatic carbocycles. The maximum atomic E-state index is 13.2. The van der Waals surface area contributed by atoms with Crippen molar-refractivity contribution in [3.8, 4) is 17.6 Å². The van der Waals surface area contributed by atoms with Crippen LogP contribution in [-0.2, 0) is 16.2 Å². The molecule has 0 aliphatic carbocycles. The van der Waals surface area contributed by atoms with Crippen molar-refractivity contribution in [1.82, 2.24) is 4.90 Å². The summed E-state index contributed by atoms with van der Waals surface area (Å²) in [6, 6.07) is 13.3. The van der Waals surface area contributed by atoms with Gasteiger partial charge in [0, 0.05) is 12.1 Å². The fourth-order valence-corrected chi connectivity index (χ4v) is 3.94. The number of imide groups is 1. The molecule has 0 spiro atoms. The molecule has 0 atom stereocenters. The van der Waals surface area contributed by atoms with Crippen molar-refractivity contribution in [2.45, 2.75) is 53.1 Å². The molecule has 0 saturated heterocycles. The Morgan fingerprint density at radius 3 is 2.39 bits per heavy atom. The number of carbonyl (C=O) groups excluding carboxylic acids is 2. The van der Waals surface area contributed by atoms with Gasteiger partial charge in [-0.05, 0) is 67.3 Å². The van der Waals surface area contributed by atoms with Crippen LogP contribution in [0.15, 0.2) is 59.2 Å². The van der Waals surface area contributed by atoms with Crippen molar-refractivity contribution in [2.24, 2.45) is 0 Å². The van der Waals surface area contributed by atoms with Crippen LogP contribution in [0.1, 0.15) is 57.6 Å². The number of hydrogen-bond donors (Lipinski definition) is 0. The third kappa shape index (κ3) is 6.39. The highest BCUT2D eigenvalue weighted by molar-refractivity contribution is 6.19. The number of halogens is 1. The third-order valence-electron chi connectivity index (χ3n) is 5.95. The maximum Gasteiger partial charge on any atom is 0.271 e. The lowest BCUT2D eigenvalue weighted by atomic mass is 9.93. The Morgan fingerprint density at radius 2 is 1.72 bits per heavy atom. The van der Waals surface area contributed by atoms with E-state index in [-0.39, 0.29) is 24.5 Å². The summed E-state index contributed by atoms with van der Waals surface area (Å²) in [6.45, 7) is 6.50. The Hall–Kier alpha value is -3.92. The number of unbranched alkanes of at least 4 members (excludes halogenated alkanes) is 3. The van der Waals surface area contributed by atoms with Gasteiger partial charge in [0.05, 0.1) is 6.61 Å². The van der Waals surface area contributed by atoms with Gasteiger partial charge >= 0.3 is 0 Å². The predicted molar refractivity (Wildman–Crippen MR) is 135 cm³/mol. The van der Waals surface area contributed by atoms with E-state index in [4.69, 9.17) is 9.47 Å². The van der Waals surface area contributed by atoms with Crippen molar-refractivity contribution in [3.05, 3.63) is 76.1 Å². The second kappa shape index (κ2) is 12.7. The first-order chi connectivity index (χ1) is 17.4. The second-order valence-electron chi connectivity index (χ2n) is 8.55. The van der Waals surface area contributed by atoms with Crippen LogP contribution in [-0.4, -0.2) is 29.9 Å². The predicted octanol–water partition coefficient (Wildman–Crippen LogP) is 5.98. The number of benzene rings is 2. The highest BCUT2D eigenvalue weighted by atomic mass is 19.1. The molecule has 3 rings (SSSR count). The lowest BCUT2D eigenvalue weighted by Gasteiger charge is -2.27. The molecule has 2 aromatic rings. The lowest BCUT2D eigenvalue weighted by molar-refractivity contribution is -0.140. The van der Waals surface area contributed by atoms with Crippen LogP contribution in [0.3, 0.4) is 0 Å². The zero-order valence-corrected chi connectivity index (χ0v) is 21.0. The van der Waals surface area contributed by atoms with Crippen molar-refractivity contribution >= 4 is 17.9 Å². The van der Waals surface area contributed by atoms with Gasteiger partial charge in [-0.15, -0.1) is 0 Å². The minimum absolute atomic E-state index is 0.0133. The van der Waals surface area contributed by atoms with E-state index in [1.165, 1.54) is 17.0 Å². The zero-order valence-electron chi connectivity index (χ0n) is 21.0. The molecule has 0 aromatic heterocycles. The number of rotatable bonds is 11. The number of ether oxygens (including phenoxy) is 2. The molecule has 2 amide bonds. The van der Waals surface area contributed by atoms with Crippen LogP contribution in [0, 0.1) is 17.1 Å². The van der Waals surface area contributed by atoms with E-state index in [2.05, 4.69) is 6.92 Å². The molecule has 1 heterocycles. The Bertz CT molecular complexity index is 1210. The summed E-state index contributed by atoms with van der Waals surface area (Å²) in [4.78, 5) is 27.2. The summed E-state index contributed by atoms with van der Waals surface area (Å²) >= 11 is 0. The van der Waals surface area contributed by atoms with E-state index in [1.807, 2.05) is 13.0 Å². The molecule has 0 unspecified atom stereocenters. The first-order valence-corrected chi connectivity index (χ1v) is 12.2. The van der Waals surface area contributed by atoms with Gasteiger partial charge in [0.25, 0.3) is 11.8 Å². The highest BCUT2D eigenvalue weighted by Crippen LogP contribution is 2.32. The molecule has 0 saturated carbocycles. The van der Waals surface area contributed by atoms with Crippen LogP contribution in [0.5, 0.6) is 11.5 Å². The van der Waals surface area contributed by atoms with Gasteiger partial charge in [0.15, 0.2) is 11.5 Å². The summed E-state index contributed by atoms with van der Waals surface area (Å²) < 4.78 is 24.8.